The highest BCUT2D eigenvalue weighted by molar-refractivity contribution is 5.94. The van der Waals surface area contributed by atoms with E-state index in [0.717, 1.165) is 6.20 Å². The van der Waals surface area contributed by atoms with Crippen LogP contribution in [0.3, 0.4) is 0 Å². The quantitative estimate of drug-likeness (QED) is 0.750. The van der Waals surface area contributed by atoms with Crippen LogP contribution in [0, 0.1) is 17.5 Å². The number of benzene rings is 1. The van der Waals surface area contributed by atoms with Crippen molar-refractivity contribution in [1.82, 2.24) is 9.88 Å². The summed E-state index contributed by atoms with van der Waals surface area (Å²) in [6.07, 6.45) is 2.03. The lowest BCUT2D eigenvalue weighted by Gasteiger charge is -2.25. The number of halogens is 3. The van der Waals surface area contributed by atoms with Crippen molar-refractivity contribution in [3.8, 4) is 0 Å². The minimum Gasteiger partial charge on any atom is -0.477 e. The zero-order chi connectivity index (χ0) is 20.4. The van der Waals surface area contributed by atoms with E-state index in [1.165, 1.54) is 9.47 Å². The second-order valence-corrected chi connectivity index (χ2v) is 7.70. The van der Waals surface area contributed by atoms with Crippen LogP contribution in [0.2, 0.25) is 0 Å². The third kappa shape index (κ3) is 2.73. The van der Waals surface area contributed by atoms with Crippen molar-refractivity contribution in [3.05, 3.63) is 39.4 Å². The van der Waals surface area contributed by atoms with Gasteiger partial charge < -0.3 is 24.6 Å². The topological polar surface area (TPSA) is 83.8 Å². The number of hydrogen-bond donors (Lipinski definition) is 2. The van der Waals surface area contributed by atoms with Crippen LogP contribution in [0.4, 0.5) is 18.9 Å². The Morgan fingerprint density at radius 1 is 1.17 bits per heavy atom. The fourth-order valence-electron chi connectivity index (χ4n) is 4.33. The molecule has 1 saturated carbocycles. The van der Waals surface area contributed by atoms with Crippen LogP contribution in [0.5, 0.6) is 0 Å². The Balaban J connectivity index is 1.75. The van der Waals surface area contributed by atoms with Crippen LogP contribution in [0.1, 0.15) is 29.2 Å². The maximum absolute atomic E-state index is 15.6. The Morgan fingerprint density at radius 3 is 2.59 bits per heavy atom. The zero-order valence-corrected chi connectivity index (χ0v) is 15.3. The molecule has 0 spiro atoms. The molecule has 3 heterocycles. The smallest absolute Gasteiger partial charge is 0.341 e. The normalized spacial score (nSPS) is 24.2. The van der Waals surface area contributed by atoms with Gasteiger partial charge in [-0.2, -0.15) is 0 Å². The Hall–Kier alpha value is -2.59. The van der Waals surface area contributed by atoms with Gasteiger partial charge in [-0.1, -0.05) is 0 Å². The first-order valence-electron chi connectivity index (χ1n) is 9.47. The monoisotopic (exact) mass is 409 g/mol. The highest BCUT2D eigenvalue weighted by atomic mass is 19.2. The van der Waals surface area contributed by atoms with E-state index in [-0.39, 0.29) is 36.8 Å². The van der Waals surface area contributed by atoms with E-state index in [1.54, 1.807) is 0 Å². The van der Waals surface area contributed by atoms with Crippen molar-refractivity contribution in [1.29, 1.82) is 0 Å². The van der Waals surface area contributed by atoms with E-state index in [1.807, 2.05) is 0 Å². The van der Waals surface area contributed by atoms with Crippen LogP contribution in [-0.2, 0) is 4.74 Å². The molecule has 3 fully saturated rings. The van der Waals surface area contributed by atoms with Gasteiger partial charge in [-0.05, 0) is 12.8 Å². The Kier molecular flexibility index (Phi) is 4.11. The Morgan fingerprint density at radius 2 is 1.93 bits per heavy atom. The maximum Gasteiger partial charge on any atom is 0.341 e. The molecule has 1 aromatic carbocycles. The summed E-state index contributed by atoms with van der Waals surface area (Å²) in [5.41, 5.74) is -2.88. The highest BCUT2D eigenvalue weighted by Crippen LogP contribution is 2.41. The molecule has 0 radical (unpaired) electrons. The summed E-state index contributed by atoms with van der Waals surface area (Å²) in [7, 11) is 0. The molecular formula is C19H18F3N3O4. The molecule has 7 nitrogen and oxygen atoms in total. The number of rotatable bonds is 3. The summed E-state index contributed by atoms with van der Waals surface area (Å²) >= 11 is 0. The molecule has 10 heteroatoms. The molecule has 3 aliphatic rings. The number of nitrogens with one attached hydrogen (secondary N) is 1. The van der Waals surface area contributed by atoms with Crippen molar-refractivity contribution < 1.29 is 27.8 Å². The minimum absolute atomic E-state index is 0.138. The number of pyridine rings is 1. The summed E-state index contributed by atoms with van der Waals surface area (Å²) < 4.78 is 52.4. The van der Waals surface area contributed by atoms with Crippen LogP contribution in [0.15, 0.2) is 11.0 Å². The lowest BCUT2D eigenvalue weighted by molar-refractivity contribution is 0.0212. The number of anilines is 1. The van der Waals surface area contributed by atoms with E-state index in [9.17, 15) is 19.1 Å². The summed E-state index contributed by atoms with van der Waals surface area (Å²) in [6.45, 7) is 1.50. The summed E-state index contributed by atoms with van der Waals surface area (Å²) in [5, 5.41) is 11.6. The van der Waals surface area contributed by atoms with Crippen LogP contribution < -0.4 is 15.6 Å². The molecule has 0 unspecified atom stereocenters. The Labute approximate surface area is 162 Å². The van der Waals surface area contributed by atoms with Crippen molar-refractivity contribution in [3.63, 3.8) is 0 Å². The van der Waals surface area contributed by atoms with E-state index in [0.29, 0.717) is 26.0 Å². The van der Waals surface area contributed by atoms with E-state index in [2.05, 4.69) is 5.32 Å². The third-order valence-electron chi connectivity index (χ3n) is 5.86. The number of carboxylic acid groups (broad SMARTS) is 1. The number of aromatic nitrogens is 1. The van der Waals surface area contributed by atoms with Crippen molar-refractivity contribution in [2.24, 2.45) is 0 Å². The molecule has 2 N–H and O–H groups in total. The van der Waals surface area contributed by atoms with Gasteiger partial charge in [-0.15, -0.1) is 0 Å². The maximum atomic E-state index is 15.6. The van der Waals surface area contributed by atoms with Gasteiger partial charge in [0.2, 0.25) is 5.43 Å². The average Bonchev–Trinajstić information content (AvgIpc) is 3.44. The van der Waals surface area contributed by atoms with Gasteiger partial charge in [-0.25, -0.2) is 18.0 Å². The third-order valence-corrected chi connectivity index (χ3v) is 5.86. The number of ether oxygens (including phenoxy) is 1. The predicted molar refractivity (Wildman–Crippen MR) is 97.1 cm³/mol. The molecule has 1 aromatic heterocycles. The van der Waals surface area contributed by atoms with Gasteiger partial charge in [0.1, 0.15) is 11.3 Å². The molecule has 2 saturated heterocycles. The molecule has 2 atom stereocenters. The SMILES string of the molecule is O=C(O)c1cn(C2CC2)c2c(F)c(N3C[C@@H]4NCCO[C@@H]4C3)c(F)c(F)c2c1=O. The molecule has 0 bridgehead atoms. The van der Waals surface area contributed by atoms with E-state index < -0.39 is 45.5 Å². The van der Waals surface area contributed by atoms with Gasteiger partial charge in [0, 0.05) is 31.9 Å². The summed E-state index contributed by atoms with van der Waals surface area (Å²) in [4.78, 5) is 25.3. The number of carbonyl (C=O) groups is 1. The number of aromatic carboxylic acids is 1. The molecule has 2 aliphatic heterocycles. The first-order chi connectivity index (χ1) is 13.9. The fourth-order valence-corrected chi connectivity index (χ4v) is 4.33. The molecule has 2 aromatic rings. The van der Waals surface area contributed by atoms with Crippen molar-refractivity contribution in [2.45, 2.75) is 31.0 Å². The van der Waals surface area contributed by atoms with E-state index in [4.69, 9.17) is 4.74 Å². The Bertz CT molecular complexity index is 1080. The van der Waals surface area contributed by atoms with Crippen molar-refractivity contribution >= 4 is 22.6 Å². The number of nitrogens with zero attached hydrogens (tertiary/aromatic N) is 2. The second kappa shape index (κ2) is 6.46. The number of carboxylic acids is 1. The summed E-state index contributed by atoms with van der Waals surface area (Å²) in [5.74, 6) is -5.64. The lowest BCUT2D eigenvalue weighted by atomic mass is 10.1. The largest absolute Gasteiger partial charge is 0.477 e. The van der Waals surface area contributed by atoms with Gasteiger partial charge in [0.05, 0.1) is 29.7 Å². The fraction of sp³-hybridized carbons (Fsp3) is 0.474. The van der Waals surface area contributed by atoms with Crippen LogP contribution in [0.25, 0.3) is 10.9 Å². The number of morpholine rings is 1. The molecular weight excluding hydrogens is 391 g/mol. The predicted octanol–water partition coefficient (Wildman–Crippen LogP) is 1.63. The molecule has 154 valence electrons. The number of hydrogen-bond acceptors (Lipinski definition) is 5. The average molecular weight is 409 g/mol. The molecule has 0 amide bonds. The number of fused-ring (bicyclic) bond motifs is 2. The first-order valence-corrected chi connectivity index (χ1v) is 9.47. The lowest BCUT2D eigenvalue weighted by Crippen LogP contribution is -2.47. The molecule has 5 rings (SSSR count). The summed E-state index contributed by atoms with van der Waals surface area (Å²) in [6, 6.07) is -0.393. The minimum atomic E-state index is -1.57. The molecule has 29 heavy (non-hydrogen) atoms. The van der Waals surface area contributed by atoms with Crippen LogP contribution >= 0.6 is 0 Å². The highest BCUT2D eigenvalue weighted by Gasteiger charge is 2.40. The van der Waals surface area contributed by atoms with Crippen LogP contribution in [-0.4, -0.2) is 54.0 Å². The van der Waals surface area contributed by atoms with Gasteiger partial charge in [-0.3, -0.25) is 4.79 Å². The molecule has 1 aliphatic carbocycles. The second-order valence-electron chi connectivity index (χ2n) is 7.70. The van der Waals surface area contributed by atoms with E-state index >= 15 is 8.78 Å². The zero-order valence-electron chi connectivity index (χ0n) is 15.3. The van der Waals surface area contributed by atoms with Gasteiger partial charge in [0.15, 0.2) is 17.5 Å². The first kappa shape index (κ1) is 18.4. The van der Waals surface area contributed by atoms with Gasteiger partial charge >= 0.3 is 5.97 Å². The standard InChI is InChI=1S/C19H18F3N3O4/c20-13-12-16(25(8-1-2-8)5-9(18(12)26)19(27)28)15(22)17(14(13)21)24-6-10-11(7-24)29-4-3-23-10/h5,8,10-11,23H,1-4,6-7H2,(H,27,28)/t10-,11+/m0/s1. The van der Waals surface area contributed by atoms with Gasteiger partial charge in [0.25, 0.3) is 0 Å². The van der Waals surface area contributed by atoms with Crippen molar-refractivity contribution in [2.75, 3.05) is 31.1 Å².